The molecule has 2 amide bonds. The minimum Gasteiger partial charge on any atom is -0.489 e. The van der Waals surface area contributed by atoms with Crippen molar-refractivity contribution in [3.63, 3.8) is 0 Å². The van der Waals surface area contributed by atoms with Crippen molar-refractivity contribution in [3.05, 3.63) is 106 Å². The molecule has 0 unspecified atom stereocenters. The molecule has 8 heteroatoms. The third kappa shape index (κ3) is 6.66. The number of primary amides is 1. The number of amides is 2. The number of hydrogen-bond donors (Lipinski definition) is 2. The smallest absolute Gasteiger partial charge is 0.269 e. The fraction of sp³-hybridized carbons (Fsp3) is 0.167. The molecule has 164 valence electrons. The van der Waals surface area contributed by atoms with Gasteiger partial charge in [0.2, 0.25) is 11.8 Å². The monoisotopic (exact) mass is 433 g/mol. The van der Waals surface area contributed by atoms with Gasteiger partial charge in [0.05, 0.1) is 11.3 Å². The van der Waals surface area contributed by atoms with Crippen LogP contribution in [0.2, 0.25) is 0 Å². The molecule has 0 aliphatic rings. The van der Waals surface area contributed by atoms with Crippen molar-refractivity contribution in [3.8, 4) is 5.75 Å². The number of carbonyl (C=O) groups is 2. The average Bonchev–Trinajstić information content (AvgIpc) is 2.79. The predicted molar refractivity (Wildman–Crippen MR) is 119 cm³/mol. The molecule has 0 spiro atoms. The van der Waals surface area contributed by atoms with Gasteiger partial charge in [-0.1, -0.05) is 54.6 Å². The van der Waals surface area contributed by atoms with Crippen LogP contribution in [0.1, 0.15) is 16.7 Å². The quantitative estimate of drug-likeness (QED) is 0.376. The molecule has 0 radical (unpaired) electrons. The third-order valence-corrected chi connectivity index (χ3v) is 4.78. The van der Waals surface area contributed by atoms with Crippen molar-refractivity contribution in [2.75, 3.05) is 0 Å². The molecular weight excluding hydrogens is 410 g/mol. The summed E-state index contributed by atoms with van der Waals surface area (Å²) in [4.78, 5) is 34.6. The Kier molecular flexibility index (Phi) is 7.53. The summed E-state index contributed by atoms with van der Waals surface area (Å²) in [7, 11) is 0. The van der Waals surface area contributed by atoms with Crippen LogP contribution >= 0.6 is 0 Å². The van der Waals surface area contributed by atoms with E-state index < -0.39 is 22.8 Å². The molecule has 0 aliphatic heterocycles. The van der Waals surface area contributed by atoms with Crippen LogP contribution in [0.15, 0.2) is 78.9 Å². The number of rotatable bonds is 10. The maximum Gasteiger partial charge on any atom is 0.269 e. The van der Waals surface area contributed by atoms with Crippen molar-refractivity contribution < 1.29 is 19.2 Å². The van der Waals surface area contributed by atoms with Gasteiger partial charge >= 0.3 is 0 Å². The SMILES string of the molecule is NC(=O)[C@H](Cc1ccc(OCc2ccccc2)cc1)NC(=O)Cc1cccc([N+](=O)[O-])c1. The minimum absolute atomic E-state index is 0.0995. The van der Waals surface area contributed by atoms with Gasteiger partial charge in [0.25, 0.3) is 5.69 Å². The van der Waals surface area contributed by atoms with Gasteiger partial charge < -0.3 is 15.8 Å². The Bertz CT molecular complexity index is 1080. The second kappa shape index (κ2) is 10.7. The first kappa shape index (κ1) is 22.5. The number of benzene rings is 3. The zero-order valence-corrected chi connectivity index (χ0v) is 17.3. The number of ether oxygens (including phenoxy) is 1. The van der Waals surface area contributed by atoms with E-state index in [9.17, 15) is 19.7 Å². The summed E-state index contributed by atoms with van der Waals surface area (Å²) in [6.45, 7) is 0.442. The molecule has 0 saturated heterocycles. The molecule has 0 aliphatic carbocycles. The highest BCUT2D eigenvalue weighted by atomic mass is 16.6. The normalized spacial score (nSPS) is 11.4. The largest absolute Gasteiger partial charge is 0.489 e. The number of hydrogen-bond acceptors (Lipinski definition) is 5. The molecule has 0 aromatic heterocycles. The summed E-state index contributed by atoms with van der Waals surface area (Å²) in [6.07, 6.45) is 0.118. The lowest BCUT2D eigenvalue weighted by molar-refractivity contribution is -0.384. The van der Waals surface area contributed by atoms with E-state index in [0.717, 1.165) is 11.1 Å². The van der Waals surface area contributed by atoms with Crippen LogP contribution in [-0.4, -0.2) is 22.8 Å². The fourth-order valence-corrected chi connectivity index (χ4v) is 3.13. The molecule has 3 aromatic rings. The van der Waals surface area contributed by atoms with Crippen LogP contribution in [0.25, 0.3) is 0 Å². The number of nitrogens with one attached hydrogen (secondary N) is 1. The number of carbonyl (C=O) groups excluding carboxylic acids is 2. The minimum atomic E-state index is -0.905. The van der Waals surface area contributed by atoms with E-state index in [-0.39, 0.29) is 18.5 Å². The highest BCUT2D eigenvalue weighted by Crippen LogP contribution is 2.16. The topological polar surface area (TPSA) is 125 Å². The van der Waals surface area contributed by atoms with Crippen LogP contribution in [-0.2, 0) is 29.0 Å². The van der Waals surface area contributed by atoms with Gasteiger partial charge in [-0.15, -0.1) is 0 Å². The van der Waals surface area contributed by atoms with Gasteiger partial charge in [0, 0.05) is 18.6 Å². The second-order valence-corrected chi connectivity index (χ2v) is 7.25. The molecule has 1 atom stereocenters. The maximum atomic E-state index is 12.4. The number of nitro benzene ring substituents is 1. The summed E-state index contributed by atoms with van der Waals surface area (Å²) in [5, 5.41) is 13.5. The first-order valence-electron chi connectivity index (χ1n) is 9.98. The van der Waals surface area contributed by atoms with Crippen molar-refractivity contribution in [2.24, 2.45) is 5.73 Å². The van der Waals surface area contributed by atoms with Gasteiger partial charge in [0.1, 0.15) is 18.4 Å². The van der Waals surface area contributed by atoms with Crippen molar-refractivity contribution in [2.45, 2.75) is 25.5 Å². The van der Waals surface area contributed by atoms with Gasteiger partial charge in [0.15, 0.2) is 0 Å². The number of nitro groups is 1. The van der Waals surface area contributed by atoms with E-state index in [2.05, 4.69) is 5.32 Å². The van der Waals surface area contributed by atoms with Crippen LogP contribution in [0.3, 0.4) is 0 Å². The summed E-state index contributed by atoms with van der Waals surface area (Å²) < 4.78 is 5.75. The number of nitrogens with two attached hydrogens (primary N) is 1. The third-order valence-electron chi connectivity index (χ3n) is 4.78. The summed E-state index contributed by atoms with van der Waals surface area (Å²) in [6, 6.07) is 21.9. The Hall–Kier alpha value is -4.20. The van der Waals surface area contributed by atoms with Crippen LogP contribution in [0.4, 0.5) is 5.69 Å². The predicted octanol–water partition coefficient (Wildman–Crippen LogP) is 2.93. The standard InChI is InChI=1S/C24H23N3O5/c25-24(29)22(26-23(28)15-19-7-4-8-20(13-19)27(30)31)14-17-9-11-21(12-10-17)32-16-18-5-2-1-3-6-18/h1-13,22H,14-16H2,(H2,25,29)(H,26,28)/t22-/m0/s1. The number of nitrogens with zero attached hydrogens (tertiary/aromatic N) is 1. The average molecular weight is 433 g/mol. The van der Waals surface area contributed by atoms with E-state index in [4.69, 9.17) is 10.5 Å². The summed E-state index contributed by atoms with van der Waals surface area (Å²) in [5.41, 5.74) is 7.69. The zero-order chi connectivity index (χ0) is 22.9. The van der Waals surface area contributed by atoms with Crippen LogP contribution in [0, 0.1) is 10.1 Å². The highest BCUT2D eigenvalue weighted by molar-refractivity contribution is 5.87. The molecular formula is C24H23N3O5. The lowest BCUT2D eigenvalue weighted by atomic mass is 10.0. The second-order valence-electron chi connectivity index (χ2n) is 7.25. The molecule has 3 N–H and O–H groups in total. The first-order valence-corrected chi connectivity index (χ1v) is 9.98. The van der Waals surface area contributed by atoms with E-state index in [1.54, 1.807) is 18.2 Å². The Morgan fingerprint density at radius 1 is 0.938 bits per heavy atom. The molecule has 0 bridgehead atoms. The lowest BCUT2D eigenvalue weighted by Crippen LogP contribution is -2.46. The van der Waals surface area contributed by atoms with Crippen LogP contribution in [0.5, 0.6) is 5.75 Å². The lowest BCUT2D eigenvalue weighted by Gasteiger charge is -2.16. The Morgan fingerprint density at radius 2 is 1.62 bits per heavy atom. The van der Waals surface area contributed by atoms with Gasteiger partial charge in [-0.3, -0.25) is 19.7 Å². The Labute approximate surface area is 185 Å². The van der Waals surface area contributed by atoms with E-state index in [1.807, 2.05) is 42.5 Å². The molecule has 0 heterocycles. The van der Waals surface area contributed by atoms with Gasteiger partial charge in [-0.2, -0.15) is 0 Å². The summed E-state index contributed by atoms with van der Waals surface area (Å²) in [5.74, 6) is -0.429. The maximum absolute atomic E-state index is 12.4. The van der Waals surface area contributed by atoms with E-state index in [1.165, 1.54) is 18.2 Å². The molecule has 32 heavy (non-hydrogen) atoms. The summed E-state index contributed by atoms with van der Waals surface area (Å²) >= 11 is 0. The Morgan fingerprint density at radius 3 is 2.28 bits per heavy atom. The van der Waals surface area contributed by atoms with E-state index >= 15 is 0 Å². The molecule has 8 nitrogen and oxygen atoms in total. The molecule has 3 rings (SSSR count). The highest BCUT2D eigenvalue weighted by Gasteiger charge is 2.19. The van der Waals surface area contributed by atoms with Crippen molar-refractivity contribution >= 4 is 17.5 Å². The van der Waals surface area contributed by atoms with Crippen molar-refractivity contribution in [1.82, 2.24) is 5.32 Å². The Balaban J connectivity index is 1.56. The van der Waals surface area contributed by atoms with Crippen LogP contribution < -0.4 is 15.8 Å². The fourth-order valence-electron chi connectivity index (χ4n) is 3.13. The molecule has 0 saturated carbocycles. The van der Waals surface area contributed by atoms with E-state index in [0.29, 0.717) is 17.9 Å². The molecule has 3 aromatic carbocycles. The van der Waals surface area contributed by atoms with Crippen molar-refractivity contribution in [1.29, 1.82) is 0 Å². The number of non-ortho nitro benzene ring substituents is 1. The van der Waals surface area contributed by atoms with Gasteiger partial charge in [-0.05, 0) is 28.8 Å². The zero-order valence-electron chi connectivity index (χ0n) is 17.3. The van der Waals surface area contributed by atoms with Gasteiger partial charge in [-0.25, -0.2) is 0 Å². The first-order chi connectivity index (χ1) is 15.4. The molecule has 0 fully saturated rings.